The van der Waals surface area contributed by atoms with E-state index in [9.17, 15) is 4.79 Å². The van der Waals surface area contributed by atoms with Gasteiger partial charge in [-0.2, -0.15) is 9.78 Å². The molecular weight excluding hydrogens is 264 g/mol. The highest BCUT2D eigenvalue weighted by atomic mass is 16.1. The molecule has 2 aliphatic rings. The van der Waals surface area contributed by atoms with Crippen LogP contribution in [-0.2, 0) is 0 Å². The first-order chi connectivity index (χ1) is 10.2. The molecule has 2 aliphatic heterocycles. The summed E-state index contributed by atoms with van der Waals surface area (Å²) in [6.07, 6.45) is 1.70. The molecule has 0 radical (unpaired) electrons. The third-order valence-corrected chi connectivity index (χ3v) is 3.55. The number of pyridine rings is 1. The van der Waals surface area contributed by atoms with Gasteiger partial charge in [-0.3, -0.25) is 4.79 Å². The highest BCUT2D eigenvalue weighted by molar-refractivity contribution is 5.95. The summed E-state index contributed by atoms with van der Waals surface area (Å²) in [5.41, 5.74) is 9.20. The van der Waals surface area contributed by atoms with Crippen molar-refractivity contribution in [3.05, 3.63) is 65.1 Å². The third-order valence-electron chi connectivity index (χ3n) is 3.55. The van der Waals surface area contributed by atoms with E-state index in [0.717, 1.165) is 16.6 Å². The lowest BCUT2D eigenvalue weighted by Gasteiger charge is -2.03. The molecule has 4 rings (SSSR count). The Morgan fingerprint density at radius 3 is 2.71 bits per heavy atom. The first-order valence-corrected chi connectivity index (χ1v) is 6.59. The number of hydrogen-bond acceptors (Lipinski definition) is 3. The zero-order chi connectivity index (χ0) is 14.4. The molecule has 0 atom stereocenters. The summed E-state index contributed by atoms with van der Waals surface area (Å²) in [6.45, 7) is 0. The second kappa shape index (κ2) is 4.21. The number of nitrogen functional groups attached to an aromatic ring is 1. The molecule has 21 heavy (non-hydrogen) atoms. The van der Waals surface area contributed by atoms with Gasteiger partial charge in [-0.15, -0.1) is 0 Å². The monoisotopic (exact) mass is 276 g/mol. The Kier molecular flexibility index (Phi) is 2.35. The van der Waals surface area contributed by atoms with Gasteiger partial charge < -0.3 is 10.7 Å². The Morgan fingerprint density at radius 2 is 1.90 bits per heavy atom. The molecule has 5 nitrogen and oxygen atoms in total. The van der Waals surface area contributed by atoms with Gasteiger partial charge >= 0.3 is 0 Å². The van der Waals surface area contributed by atoms with Crippen molar-refractivity contribution in [1.82, 2.24) is 14.8 Å². The molecule has 3 N–H and O–H groups in total. The Labute approximate surface area is 120 Å². The number of fused-ring (bicyclic) bond motifs is 3. The molecule has 0 spiro atoms. The molecule has 2 aromatic carbocycles. The molecule has 0 bridgehead atoms. The van der Waals surface area contributed by atoms with Crippen molar-refractivity contribution in [3.63, 3.8) is 0 Å². The van der Waals surface area contributed by atoms with E-state index in [4.69, 9.17) is 5.73 Å². The van der Waals surface area contributed by atoms with Gasteiger partial charge in [-0.1, -0.05) is 18.2 Å². The normalized spacial score (nSPS) is 11.2. The fourth-order valence-electron chi connectivity index (χ4n) is 2.52. The molecule has 0 saturated heterocycles. The van der Waals surface area contributed by atoms with Crippen LogP contribution in [0.15, 0.2) is 59.5 Å². The van der Waals surface area contributed by atoms with Crippen molar-refractivity contribution in [2.45, 2.75) is 0 Å². The highest BCUT2D eigenvalue weighted by Gasteiger charge is 2.18. The summed E-state index contributed by atoms with van der Waals surface area (Å²) in [4.78, 5) is 15.6. The second-order valence-electron chi connectivity index (χ2n) is 4.91. The van der Waals surface area contributed by atoms with E-state index in [1.807, 2.05) is 48.5 Å². The van der Waals surface area contributed by atoms with Crippen molar-refractivity contribution in [3.8, 4) is 16.9 Å². The van der Waals surface area contributed by atoms with Gasteiger partial charge in [0.25, 0.3) is 5.56 Å². The van der Waals surface area contributed by atoms with Crippen LogP contribution in [0.5, 0.6) is 0 Å². The Hall–Kier alpha value is -3.08. The van der Waals surface area contributed by atoms with E-state index < -0.39 is 0 Å². The van der Waals surface area contributed by atoms with E-state index in [-0.39, 0.29) is 5.56 Å². The van der Waals surface area contributed by atoms with Crippen LogP contribution in [0.4, 0.5) is 5.69 Å². The zero-order valence-corrected chi connectivity index (χ0v) is 11.1. The summed E-state index contributed by atoms with van der Waals surface area (Å²) >= 11 is 0. The van der Waals surface area contributed by atoms with Crippen LogP contribution in [0.2, 0.25) is 0 Å². The lowest BCUT2D eigenvalue weighted by atomic mass is 10.1. The van der Waals surface area contributed by atoms with Gasteiger partial charge in [-0.05, 0) is 30.3 Å². The summed E-state index contributed by atoms with van der Waals surface area (Å²) in [5.74, 6) is 0. The van der Waals surface area contributed by atoms with Crippen LogP contribution in [0.25, 0.3) is 27.8 Å². The average Bonchev–Trinajstić information content (AvgIpc) is 2.86. The Morgan fingerprint density at radius 1 is 1.10 bits per heavy atom. The number of nitrogens with one attached hydrogen (secondary N) is 1. The van der Waals surface area contributed by atoms with Crippen molar-refractivity contribution in [2.24, 2.45) is 0 Å². The van der Waals surface area contributed by atoms with Crippen LogP contribution in [-0.4, -0.2) is 14.8 Å². The van der Waals surface area contributed by atoms with Crippen LogP contribution in [0, 0.1) is 0 Å². The second-order valence-corrected chi connectivity index (χ2v) is 4.91. The Balaban J connectivity index is 2.10. The maximum Gasteiger partial charge on any atom is 0.282 e. The minimum atomic E-state index is -0.142. The van der Waals surface area contributed by atoms with Crippen LogP contribution >= 0.6 is 0 Å². The van der Waals surface area contributed by atoms with E-state index >= 15 is 0 Å². The molecular formula is C16H12N4O. The van der Waals surface area contributed by atoms with Crippen LogP contribution in [0.1, 0.15) is 0 Å². The molecule has 0 aliphatic carbocycles. The standard InChI is InChI=1S/C16H12N4O/c17-10-6-7-14-12(8-10)15-13(9-18-14)16(21)20(19-15)11-4-2-1-3-5-11/h1-9,18H,17H2. The van der Waals surface area contributed by atoms with Gasteiger partial charge in [0, 0.05) is 22.8 Å². The number of rotatable bonds is 1. The minimum absolute atomic E-state index is 0.142. The maximum absolute atomic E-state index is 12.5. The topological polar surface area (TPSA) is 76.7 Å². The molecule has 0 fully saturated rings. The van der Waals surface area contributed by atoms with Gasteiger partial charge in [0.2, 0.25) is 0 Å². The molecule has 0 aromatic heterocycles. The fourth-order valence-corrected chi connectivity index (χ4v) is 2.52. The average molecular weight is 276 g/mol. The number of benzene rings is 2. The first-order valence-electron chi connectivity index (χ1n) is 6.59. The molecule has 0 saturated carbocycles. The number of para-hydroxylation sites is 1. The van der Waals surface area contributed by atoms with Crippen molar-refractivity contribution in [2.75, 3.05) is 5.73 Å². The number of hydrogen-bond donors (Lipinski definition) is 2. The van der Waals surface area contributed by atoms with E-state index in [2.05, 4.69) is 10.1 Å². The minimum Gasteiger partial charge on any atom is -0.399 e. The summed E-state index contributed by atoms with van der Waals surface area (Å²) in [6, 6.07) is 14.9. The lowest BCUT2D eigenvalue weighted by Crippen LogP contribution is -2.14. The van der Waals surface area contributed by atoms with Crippen LogP contribution < -0.4 is 11.3 Å². The van der Waals surface area contributed by atoms with E-state index in [1.165, 1.54) is 4.68 Å². The van der Waals surface area contributed by atoms with Gasteiger partial charge in [0.05, 0.1) is 11.3 Å². The predicted octanol–water partition coefficient (Wildman–Crippen LogP) is 2.40. The number of aromatic nitrogens is 3. The summed E-state index contributed by atoms with van der Waals surface area (Å²) in [5, 5.41) is 5.33. The molecule has 5 heteroatoms. The molecule has 0 unspecified atom stereocenters. The van der Waals surface area contributed by atoms with Gasteiger partial charge in [0.15, 0.2) is 0 Å². The largest absolute Gasteiger partial charge is 0.399 e. The number of aromatic amines is 1. The smallest absolute Gasteiger partial charge is 0.282 e. The molecule has 0 amide bonds. The number of nitrogens with two attached hydrogens (primary N) is 1. The Bertz CT molecular complexity index is 969. The summed E-state index contributed by atoms with van der Waals surface area (Å²) in [7, 11) is 0. The van der Waals surface area contributed by atoms with Crippen molar-refractivity contribution in [1.29, 1.82) is 0 Å². The van der Waals surface area contributed by atoms with Gasteiger partial charge in [0.1, 0.15) is 5.69 Å². The molecule has 2 heterocycles. The van der Waals surface area contributed by atoms with Gasteiger partial charge in [-0.25, -0.2) is 0 Å². The number of anilines is 1. The third kappa shape index (κ3) is 1.71. The first kappa shape index (κ1) is 11.7. The lowest BCUT2D eigenvalue weighted by molar-refractivity contribution is 0.859. The predicted molar refractivity (Wildman–Crippen MR) is 82.7 cm³/mol. The van der Waals surface area contributed by atoms with Crippen molar-refractivity contribution < 1.29 is 0 Å². The van der Waals surface area contributed by atoms with Crippen LogP contribution in [0.3, 0.4) is 0 Å². The zero-order valence-electron chi connectivity index (χ0n) is 11.1. The van der Waals surface area contributed by atoms with Crippen molar-refractivity contribution >= 4 is 16.6 Å². The SMILES string of the molecule is Nc1ccc2[nH]cc3c(=O)n(-c4ccccc4)nc-3c2c1. The molecule has 2 aromatic rings. The fraction of sp³-hybridized carbons (Fsp3) is 0. The number of nitrogens with zero attached hydrogens (tertiary/aromatic N) is 2. The summed E-state index contributed by atoms with van der Waals surface area (Å²) < 4.78 is 1.42. The maximum atomic E-state index is 12.5. The number of H-pyrrole nitrogens is 1. The highest BCUT2D eigenvalue weighted by Crippen LogP contribution is 2.27. The quantitative estimate of drug-likeness (QED) is 0.524. The van der Waals surface area contributed by atoms with E-state index in [0.29, 0.717) is 16.9 Å². The van der Waals surface area contributed by atoms with E-state index in [1.54, 1.807) is 6.20 Å². The molecule has 102 valence electrons.